The van der Waals surface area contributed by atoms with Crippen molar-refractivity contribution in [2.24, 2.45) is 0 Å². The van der Waals surface area contributed by atoms with Gasteiger partial charge in [0, 0.05) is 34.6 Å². The normalized spacial score (nSPS) is 12.0. The van der Waals surface area contributed by atoms with Crippen LogP contribution in [0, 0.1) is 0 Å². The van der Waals surface area contributed by atoms with Crippen molar-refractivity contribution in [3.63, 3.8) is 0 Å². The molecule has 78 valence electrons. The van der Waals surface area contributed by atoms with Crippen LogP contribution in [0.15, 0.2) is 35.0 Å². The standard InChI is InChI=1S/C12H9N3O/c13-9-5-8-6-1-3-14-10(6)11-7(2-4-15-11)12(8)16-9/h1-5,14-15H,13H2. The van der Waals surface area contributed by atoms with Crippen molar-refractivity contribution in [1.82, 2.24) is 9.97 Å². The second kappa shape index (κ2) is 2.41. The van der Waals surface area contributed by atoms with Gasteiger partial charge in [0.25, 0.3) is 0 Å². The van der Waals surface area contributed by atoms with E-state index in [9.17, 15) is 0 Å². The minimum atomic E-state index is 0.450. The maximum absolute atomic E-state index is 5.72. The van der Waals surface area contributed by atoms with Crippen LogP contribution in [0.3, 0.4) is 0 Å². The van der Waals surface area contributed by atoms with Crippen LogP contribution in [0.25, 0.3) is 32.8 Å². The molecule has 0 aliphatic carbocycles. The van der Waals surface area contributed by atoms with Gasteiger partial charge < -0.3 is 20.1 Å². The fourth-order valence-electron chi connectivity index (χ4n) is 2.38. The maximum atomic E-state index is 5.72. The lowest BCUT2D eigenvalue weighted by molar-refractivity contribution is 0.641. The van der Waals surface area contributed by atoms with Crippen molar-refractivity contribution >= 4 is 38.7 Å². The molecule has 0 saturated heterocycles. The lowest BCUT2D eigenvalue weighted by Crippen LogP contribution is -1.75. The molecule has 0 radical (unpaired) electrons. The molecule has 0 aliphatic heterocycles. The van der Waals surface area contributed by atoms with Gasteiger partial charge >= 0.3 is 0 Å². The summed E-state index contributed by atoms with van der Waals surface area (Å²) in [6.45, 7) is 0. The minimum absolute atomic E-state index is 0.450. The van der Waals surface area contributed by atoms with Gasteiger partial charge in [0.15, 0.2) is 5.88 Å². The van der Waals surface area contributed by atoms with E-state index in [2.05, 4.69) is 9.97 Å². The number of aromatic amines is 2. The number of hydrogen-bond donors (Lipinski definition) is 3. The Morgan fingerprint density at radius 3 is 2.44 bits per heavy atom. The SMILES string of the molecule is Nc1cc2c3cc[nH]c3c3[nH]ccc3c2o1. The summed E-state index contributed by atoms with van der Waals surface area (Å²) in [4.78, 5) is 6.45. The Morgan fingerprint density at radius 2 is 1.62 bits per heavy atom. The highest BCUT2D eigenvalue weighted by molar-refractivity contribution is 6.22. The summed E-state index contributed by atoms with van der Waals surface area (Å²) in [6, 6.07) is 5.91. The molecular formula is C12H9N3O. The number of nitrogens with one attached hydrogen (secondary N) is 2. The highest BCUT2D eigenvalue weighted by Crippen LogP contribution is 2.36. The van der Waals surface area contributed by atoms with Gasteiger partial charge in [-0.2, -0.15) is 0 Å². The molecular weight excluding hydrogens is 202 g/mol. The van der Waals surface area contributed by atoms with Gasteiger partial charge in [-0.1, -0.05) is 0 Å². The number of anilines is 1. The van der Waals surface area contributed by atoms with Crippen molar-refractivity contribution in [2.75, 3.05) is 5.73 Å². The highest BCUT2D eigenvalue weighted by atomic mass is 16.3. The van der Waals surface area contributed by atoms with E-state index in [-0.39, 0.29) is 0 Å². The smallest absolute Gasteiger partial charge is 0.191 e. The Kier molecular flexibility index (Phi) is 1.19. The number of fused-ring (bicyclic) bond motifs is 6. The topological polar surface area (TPSA) is 70.7 Å². The number of furan rings is 1. The summed E-state index contributed by atoms with van der Waals surface area (Å²) in [5.41, 5.74) is 8.72. The lowest BCUT2D eigenvalue weighted by Gasteiger charge is -1.96. The van der Waals surface area contributed by atoms with Crippen LogP contribution in [0.2, 0.25) is 0 Å². The van der Waals surface area contributed by atoms with Crippen LogP contribution in [0.4, 0.5) is 5.88 Å². The van der Waals surface area contributed by atoms with Crippen LogP contribution in [-0.4, -0.2) is 9.97 Å². The number of benzene rings is 1. The minimum Gasteiger partial charge on any atom is -0.440 e. The van der Waals surface area contributed by atoms with Gasteiger partial charge in [-0.05, 0) is 12.1 Å². The Hall–Kier alpha value is -2.36. The molecule has 3 heterocycles. The summed E-state index contributed by atoms with van der Waals surface area (Å²) in [5.74, 6) is 0.450. The van der Waals surface area contributed by atoms with Gasteiger partial charge in [0.05, 0.1) is 11.0 Å². The molecule has 0 atom stereocenters. The fraction of sp³-hybridized carbons (Fsp3) is 0. The highest BCUT2D eigenvalue weighted by Gasteiger charge is 2.13. The van der Waals surface area contributed by atoms with E-state index in [0.717, 1.165) is 32.8 Å². The predicted octanol–water partition coefficient (Wildman–Crippen LogP) is 2.98. The summed E-state index contributed by atoms with van der Waals surface area (Å²) < 4.78 is 5.56. The second-order valence-corrected chi connectivity index (χ2v) is 3.92. The zero-order valence-electron chi connectivity index (χ0n) is 8.37. The Morgan fingerprint density at radius 1 is 0.938 bits per heavy atom. The molecule has 1 aromatic carbocycles. The van der Waals surface area contributed by atoms with Crippen molar-refractivity contribution in [1.29, 1.82) is 0 Å². The number of aromatic nitrogens is 2. The summed E-state index contributed by atoms with van der Waals surface area (Å²) in [6.07, 6.45) is 3.83. The number of rotatable bonds is 0. The van der Waals surface area contributed by atoms with E-state index in [4.69, 9.17) is 10.2 Å². The van der Waals surface area contributed by atoms with Gasteiger partial charge in [-0.15, -0.1) is 0 Å². The lowest BCUT2D eigenvalue weighted by atomic mass is 10.1. The number of hydrogen-bond acceptors (Lipinski definition) is 2. The first-order chi connectivity index (χ1) is 7.84. The molecule has 4 aromatic rings. The molecule has 4 heteroatoms. The van der Waals surface area contributed by atoms with Crippen LogP contribution in [-0.2, 0) is 0 Å². The van der Waals surface area contributed by atoms with E-state index in [0.29, 0.717) is 5.88 Å². The molecule has 4 N–H and O–H groups in total. The first-order valence-corrected chi connectivity index (χ1v) is 5.10. The Labute approximate surface area is 90.0 Å². The van der Waals surface area contributed by atoms with E-state index in [1.807, 2.05) is 30.6 Å². The zero-order valence-corrected chi connectivity index (χ0v) is 8.37. The average molecular weight is 211 g/mol. The molecule has 0 bridgehead atoms. The van der Waals surface area contributed by atoms with Crippen molar-refractivity contribution in [2.45, 2.75) is 0 Å². The number of H-pyrrole nitrogens is 2. The molecule has 0 unspecified atom stereocenters. The van der Waals surface area contributed by atoms with Gasteiger partial charge in [-0.3, -0.25) is 0 Å². The molecule has 0 amide bonds. The third kappa shape index (κ3) is 0.760. The van der Waals surface area contributed by atoms with Gasteiger partial charge in [0.1, 0.15) is 5.58 Å². The monoisotopic (exact) mass is 211 g/mol. The first-order valence-electron chi connectivity index (χ1n) is 5.10. The average Bonchev–Trinajstić information content (AvgIpc) is 2.91. The summed E-state index contributed by atoms with van der Waals surface area (Å²) >= 11 is 0. The summed E-state index contributed by atoms with van der Waals surface area (Å²) in [5, 5.41) is 3.24. The van der Waals surface area contributed by atoms with E-state index >= 15 is 0 Å². The largest absolute Gasteiger partial charge is 0.440 e. The number of nitrogen functional groups attached to an aromatic ring is 1. The third-order valence-electron chi connectivity index (χ3n) is 3.03. The van der Waals surface area contributed by atoms with E-state index in [1.165, 1.54) is 0 Å². The molecule has 16 heavy (non-hydrogen) atoms. The summed E-state index contributed by atoms with van der Waals surface area (Å²) in [7, 11) is 0. The van der Waals surface area contributed by atoms with E-state index < -0.39 is 0 Å². The molecule has 0 aliphatic rings. The number of nitrogens with two attached hydrogens (primary N) is 1. The molecule has 3 aromatic heterocycles. The van der Waals surface area contributed by atoms with Crippen LogP contribution < -0.4 is 5.73 Å². The maximum Gasteiger partial charge on any atom is 0.191 e. The second-order valence-electron chi connectivity index (χ2n) is 3.92. The molecule has 0 fully saturated rings. The van der Waals surface area contributed by atoms with Crippen molar-refractivity contribution < 1.29 is 4.42 Å². The Bertz CT molecular complexity index is 751. The fourth-order valence-corrected chi connectivity index (χ4v) is 2.38. The third-order valence-corrected chi connectivity index (χ3v) is 3.03. The van der Waals surface area contributed by atoms with Crippen molar-refractivity contribution in [3.8, 4) is 0 Å². The predicted molar refractivity (Wildman–Crippen MR) is 64.3 cm³/mol. The van der Waals surface area contributed by atoms with Crippen LogP contribution in [0.5, 0.6) is 0 Å². The quantitative estimate of drug-likeness (QED) is 0.418. The van der Waals surface area contributed by atoms with E-state index in [1.54, 1.807) is 0 Å². The van der Waals surface area contributed by atoms with Gasteiger partial charge in [0.2, 0.25) is 0 Å². The Balaban J connectivity index is 2.50. The van der Waals surface area contributed by atoms with Crippen molar-refractivity contribution in [3.05, 3.63) is 30.6 Å². The molecule has 0 saturated carbocycles. The zero-order chi connectivity index (χ0) is 10.7. The van der Waals surface area contributed by atoms with Crippen LogP contribution >= 0.6 is 0 Å². The molecule has 4 nitrogen and oxygen atoms in total. The van der Waals surface area contributed by atoms with Crippen LogP contribution in [0.1, 0.15) is 0 Å². The van der Waals surface area contributed by atoms with Gasteiger partial charge in [-0.25, -0.2) is 0 Å². The molecule has 4 rings (SSSR count). The first kappa shape index (κ1) is 7.87. The molecule has 0 spiro atoms.